The number of carbonyl (C=O) groups excluding carboxylic acids is 1. The normalized spacial score (nSPS) is 18.2. The molecule has 0 radical (unpaired) electrons. The molecule has 22 heavy (non-hydrogen) atoms. The van der Waals surface area contributed by atoms with Gasteiger partial charge in [-0.25, -0.2) is 0 Å². The van der Waals surface area contributed by atoms with Crippen molar-refractivity contribution in [2.75, 3.05) is 6.54 Å². The van der Waals surface area contributed by atoms with Crippen LogP contribution >= 0.6 is 11.3 Å². The van der Waals surface area contributed by atoms with Gasteiger partial charge in [-0.1, -0.05) is 13.8 Å². The van der Waals surface area contributed by atoms with E-state index in [1.165, 1.54) is 4.88 Å². The number of likely N-dealkylation sites (tertiary alicyclic amines) is 1. The number of aryl methyl sites for hydroxylation is 1. The number of rotatable bonds is 3. The Labute approximate surface area is 135 Å². The Balaban J connectivity index is 1.84. The van der Waals surface area contributed by atoms with E-state index in [9.17, 15) is 4.79 Å². The minimum absolute atomic E-state index is 0.0577. The molecule has 1 unspecified atom stereocenters. The van der Waals surface area contributed by atoms with Gasteiger partial charge in [0, 0.05) is 23.0 Å². The van der Waals surface area contributed by atoms with Crippen molar-refractivity contribution >= 4 is 17.2 Å². The van der Waals surface area contributed by atoms with E-state index < -0.39 is 0 Å². The van der Waals surface area contributed by atoms with Crippen LogP contribution in [0.3, 0.4) is 0 Å². The first kappa shape index (κ1) is 15.2. The summed E-state index contributed by atoms with van der Waals surface area (Å²) in [6, 6.07) is 2.09. The fourth-order valence-corrected chi connectivity index (χ4v) is 3.79. The largest absolute Gasteiger partial charge is 0.330 e. The second kappa shape index (κ2) is 6.16. The molecule has 1 aliphatic rings. The van der Waals surface area contributed by atoms with E-state index in [1.54, 1.807) is 23.7 Å². The Morgan fingerprint density at radius 3 is 2.91 bits per heavy atom. The molecule has 0 saturated carbocycles. The zero-order chi connectivity index (χ0) is 15.7. The van der Waals surface area contributed by atoms with Crippen LogP contribution in [0.15, 0.2) is 23.8 Å². The third kappa shape index (κ3) is 2.90. The predicted octanol–water partition coefficient (Wildman–Crippen LogP) is 3.95. The average molecular weight is 315 g/mol. The van der Waals surface area contributed by atoms with Crippen LogP contribution in [0.25, 0.3) is 0 Å². The highest BCUT2D eigenvalue weighted by atomic mass is 32.1. The fourth-order valence-electron chi connectivity index (χ4n) is 2.89. The Hall–Kier alpha value is -1.75. The van der Waals surface area contributed by atoms with Gasteiger partial charge in [-0.3, -0.25) is 14.8 Å². The van der Waals surface area contributed by atoms with Crippen LogP contribution < -0.4 is 0 Å². The number of carbonyl (C=O) groups is 1. The van der Waals surface area contributed by atoms with E-state index in [-0.39, 0.29) is 11.9 Å². The van der Waals surface area contributed by atoms with Crippen LogP contribution in [-0.4, -0.2) is 27.3 Å². The van der Waals surface area contributed by atoms with Gasteiger partial charge in [-0.2, -0.15) is 0 Å². The zero-order valence-electron chi connectivity index (χ0n) is 13.2. The minimum atomic E-state index is 0.0577. The lowest BCUT2D eigenvalue weighted by atomic mass is 10.1. The Morgan fingerprint density at radius 2 is 2.23 bits per heavy atom. The number of thiophene rings is 1. The molecule has 2 aromatic heterocycles. The smallest absolute Gasteiger partial charge is 0.255 e. The second-order valence-electron chi connectivity index (χ2n) is 6.13. The fraction of sp³-hybridized carbons (Fsp3) is 0.471. The van der Waals surface area contributed by atoms with Gasteiger partial charge in [0.25, 0.3) is 5.91 Å². The van der Waals surface area contributed by atoms with Crippen molar-refractivity contribution < 1.29 is 4.79 Å². The molecule has 0 N–H and O–H groups in total. The SMILES string of the molecule is Cc1cncc(C2CCCN2C(=O)c2csc(C(C)C)c2)n1. The molecule has 1 aliphatic heterocycles. The molecule has 0 spiro atoms. The van der Waals surface area contributed by atoms with Gasteiger partial charge in [-0.15, -0.1) is 11.3 Å². The summed E-state index contributed by atoms with van der Waals surface area (Å²) in [5, 5.41) is 1.98. The van der Waals surface area contributed by atoms with Gasteiger partial charge < -0.3 is 4.90 Å². The summed E-state index contributed by atoms with van der Waals surface area (Å²) in [6.45, 7) is 7.04. The molecule has 0 bridgehead atoms. The van der Waals surface area contributed by atoms with Crippen LogP contribution in [0.4, 0.5) is 0 Å². The maximum absolute atomic E-state index is 12.8. The number of hydrogen-bond acceptors (Lipinski definition) is 4. The van der Waals surface area contributed by atoms with Crippen molar-refractivity contribution in [1.29, 1.82) is 0 Å². The molecule has 3 rings (SSSR count). The Kier molecular flexibility index (Phi) is 4.25. The second-order valence-corrected chi connectivity index (χ2v) is 7.08. The highest BCUT2D eigenvalue weighted by molar-refractivity contribution is 7.10. The van der Waals surface area contributed by atoms with Gasteiger partial charge in [-0.05, 0) is 31.7 Å². The van der Waals surface area contributed by atoms with E-state index in [0.717, 1.165) is 36.3 Å². The van der Waals surface area contributed by atoms with E-state index in [0.29, 0.717) is 5.92 Å². The number of amides is 1. The molecule has 4 nitrogen and oxygen atoms in total. The van der Waals surface area contributed by atoms with Crippen LogP contribution in [0.5, 0.6) is 0 Å². The number of hydrogen-bond donors (Lipinski definition) is 0. The van der Waals surface area contributed by atoms with Gasteiger partial charge in [0.05, 0.1) is 29.2 Å². The van der Waals surface area contributed by atoms with Gasteiger partial charge in [0.2, 0.25) is 0 Å². The molecule has 0 aliphatic carbocycles. The van der Waals surface area contributed by atoms with E-state index in [4.69, 9.17) is 0 Å². The van der Waals surface area contributed by atoms with Crippen molar-refractivity contribution in [3.63, 3.8) is 0 Å². The Morgan fingerprint density at radius 1 is 1.41 bits per heavy atom. The summed E-state index contributed by atoms with van der Waals surface area (Å²) >= 11 is 1.67. The number of aromatic nitrogens is 2. The first-order valence-electron chi connectivity index (χ1n) is 7.74. The third-order valence-corrected chi connectivity index (χ3v) is 5.30. The molecule has 0 aromatic carbocycles. The summed E-state index contributed by atoms with van der Waals surface area (Å²) < 4.78 is 0. The minimum Gasteiger partial charge on any atom is -0.330 e. The summed E-state index contributed by atoms with van der Waals surface area (Å²) in [7, 11) is 0. The van der Waals surface area contributed by atoms with E-state index in [2.05, 4.69) is 23.8 Å². The number of nitrogens with zero attached hydrogens (tertiary/aromatic N) is 3. The summed E-state index contributed by atoms with van der Waals surface area (Å²) in [5.41, 5.74) is 2.61. The third-order valence-electron chi connectivity index (χ3n) is 4.06. The molecule has 3 heterocycles. The topological polar surface area (TPSA) is 46.1 Å². The van der Waals surface area contributed by atoms with Crippen molar-refractivity contribution in [2.24, 2.45) is 0 Å². The molecule has 2 aromatic rings. The molecular formula is C17H21N3OS. The van der Waals surface area contributed by atoms with Gasteiger partial charge >= 0.3 is 0 Å². The van der Waals surface area contributed by atoms with Crippen LogP contribution in [0, 0.1) is 6.92 Å². The molecule has 1 atom stereocenters. The highest BCUT2D eigenvalue weighted by Crippen LogP contribution is 2.33. The van der Waals surface area contributed by atoms with E-state index in [1.807, 2.05) is 23.3 Å². The predicted molar refractivity (Wildman–Crippen MR) is 88.2 cm³/mol. The van der Waals surface area contributed by atoms with Crippen molar-refractivity contribution in [3.8, 4) is 0 Å². The van der Waals surface area contributed by atoms with Crippen molar-refractivity contribution in [1.82, 2.24) is 14.9 Å². The lowest BCUT2D eigenvalue weighted by Gasteiger charge is -2.24. The highest BCUT2D eigenvalue weighted by Gasteiger charge is 2.32. The van der Waals surface area contributed by atoms with Crippen molar-refractivity contribution in [3.05, 3.63) is 45.7 Å². The van der Waals surface area contributed by atoms with Crippen LogP contribution in [0.2, 0.25) is 0 Å². The van der Waals surface area contributed by atoms with Crippen molar-refractivity contribution in [2.45, 2.75) is 45.6 Å². The zero-order valence-corrected chi connectivity index (χ0v) is 14.1. The van der Waals surface area contributed by atoms with Crippen LogP contribution in [-0.2, 0) is 0 Å². The first-order valence-corrected chi connectivity index (χ1v) is 8.62. The molecule has 1 fully saturated rings. The average Bonchev–Trinajstić information content (AvgIpc) is 3.16. The monoisotopic (exact) mass is 315 g/mol. The van der Waals surface area contributed by atoms with Gasteiger partial charge in [0.1, 0.15) is 0 Å². The summed E-state index contributed by atoms with van der Waals surface area (Å²) in [4.78, 5) is 24.8. The maximum atomic E-state index is 12.8. The molecule has 5 heteroatoms. The lowest BCUT2D eigenvalue weighted by Crippen LogP contribution is -2.30. The molecule has 1 amide bonds. The molecular weight excluding hydrogens is 294 g/mol. The van der Waals surface area contributed by atoms with Crippen LogP contribution in [0.1, 0.15) is 65.3 Å². The molecule has 1 saturated heterocycles. The summed E-state index contributed by atoms with van der Waals surface area (Å²) in [5.74, 6) is 0.581. The Bertz CT molecular complexity index is 680. The standard InChI is InChI=1S/C17H21N3OS/c1-11(2)16-7-13(10-22-16)17(21)20-6-4-5-15(20)14-9-18-8-12(3)19-14/h7-11,15H,4-6H2,1-3H3. The maximum Gasteiger partial charge on any atom is 0.255 e. The van der Waals surface area contributed by atoms with Gasteiger partial charge in [0.15, 0.2) is 0 Å². The quantitative estimate of drug-likeness (QED) is 0.861. The first-order chi connectivity index (χ1) is 10.6. The molecule has 116 valence electrons. The summed E-state index contributed by atoms with van der Waals surface area (Å²) in [6.07, 6.45) is 5.52. The van der Waals surface area contributed by atoms with E-state index >= 15 is 0 Å². The lowest BCUT2D eigenvalue weighted by molar-refractivity contribution is 0.0733.